The molecule has 0 bridgehead atoms. The Balaban J connectivity index is 1.90. The van der Waals surface area contributed by atoms with Gasteiger partial charge < -0.3 is 4.74 Å². The van der Waals surface area contributed by atoms with Crippen LogP contribution in [0.4, 0.5) is 10.1 Å². The number of carbonyl (C=O) groups is 1. The lowest BCUT2D eigenvalue weighted by Gasteiger charge is -2.06. The average Bonchev–Trinajstić information content (AvgIpc) is 3.09. The molecule has 2 aromatic carbocycles. The van der Waals surface area contributed by atoms with Crippen LogP contribution in [0.25, 0.3) is 5.69 Å². The third kappa shape index (κ3) is 3.06. The summed E-state index contributed by atoms with van der Waals surface area (Å²) in [5.74, 6) is -2.11. The quantitative estimate of drug-likeness (QED) is 0.311. The predicted octanol–water partition coefficient (Wildman–Crippen LogP) is 1.93. The molecule has 0 spiro atoms. The van der Waals surface area contributed by atoms with Crippen molar-refractivity contribution in [3.63, 3.8) is 0 Å². The van der Waals surface area contributed by atoms with Crippen molar-refractivity contribution in [2.24, 2.45) is 0 Å². The summed E-state index contributed by atoms with van der Waals surface area (Å²) >= 11 is 0. The molecule has 0 aliphatic rings. The van der Waals surface area contributed by atoms with Crippen LogP contribution >= 0.6 is 0 Å². The number of benzene rings is 2. The van der Waals surface area contributed by atoms with E-state index in [1.54, 1.807) is 12.1 Å². The number of esters is 1. The summed E-state index contributed by atoms with van der Waals surface area (Å²) < 4.78 is 19.6. The van der Waals surface area contributed by atoms with E-state index >= 15 is 0 Å². The number of nitro groups is 1. The van der Waals surface area contributed by atoms with E-state index in [2.05, 4.69) is 15.5 Å². The molecule has 1 aromatic heterocycles. The minimum Gasteiger partial charge on any atom is -0.415 e. The van der Waals surface area contributed by atoms with E-state index in [4.69, 9.17) is 4.74 Å². The molecule has 120 valence electrons. The minimum atomic E-state index is -0.876. The standard InChI is InChI=1S/C14H8FN5O4/c15-10-4-5-12(20(22)23)13(7-10)24-14(21)9-2-1-3-11(6-9)19-8-16-17-18-19/h1-8H. The van der Waals surface area contributed by atoms with Crippen LogP contribution in [-0.2, 0) is 0 Å². The summed E-state index contributed by atoms with van der Waals surface area (Å²) in [6.45, 7) is 0. The van der Waals surface area contributed by atoms with Crippen LogP contribution in [-0.4, -0.2) is 31.1 Å². The maximum absolute atomic E-state index is 13.3. The number of halogens is 1. The van der Waals surface area contributed by atoms with Crippen molar-refractivity contribution in [1.29, 1.82) is 0 Å². The van der Waals surface area contributed by atoms with E-state index in [-0.39, 0.29) is 5.56 Å². The molecule has 0 amide bonds. The highest BCUT2D eigenvalue weighted by molar-refractivity contribution is 5.92. The van der Waals surface area contributed by atoms with Gasteiger partial charge in [-0.1, -0.05) is 6.07 Å². The second-order valence-electron chi connectivity index (χ2n) is 4.56. The summed E-state index contributed by atoms with van der Waals surface area (Å²) in [6.07, 6.45) is 1.34. The first-order valence-corrected chi connectivity index (χ1v) is 6.54. The van der Waals surface area contributed by atoms with Gasteiger partial charge in [0.25, 0.3) is 0 Å². The van der Waals surface area contributed by atoms with Crippen LogP contribution in [0.5, 0.6) is 5.75 Å². The molecule has 1 heterocycles. The molecule has 0 atom stereocenters. The van der Waals surface area contributed by atoms with Gasteiger partial charge in [0.05, 0.1) is 16.2 Å². The number of ether oxygens (including phenoxy) is 1. The summed E-state index contributed by atoms with van der Waals surface area (Å²) in [6, 6.07) is 8.71. The van der Waals surface area contributed by atoms with Gasteiger partial charge in [0.2, 0.25) is 5.75 Å². The van der Waals surface area contributed by atoms with E-state index in [9.17, 15) is 19.3 Å². The lowest BCUT2D eigenvalue weighted by Crippen LogP contribution is -2.10. The topological polar surface area (TPSA) is 113 Å². The fourth-order valence-electron chi connectivity index (χ4n) is 1.93. The van der Waals surface area contributed by atoms with E-state index in [0.717, 1.165) is 18.2 Å². The number of nitro benzene ring substituents is 1. The Kier molecular flexibility index (Phi) is 3.93. The second kappa shape index (κ2) is 6.20. The zero-order valence-corrected chi connectivity index (χ0v) is 11.9. The predicted molar refractivity (Wildman–Crippen MR) is 77.2 cm³/mol. The fraction of sp³-hybridized carbons (Fsp3) is 0. The number of tetrazole rings is 1. The molecule has 24 heavy (non-hydrogen) atoms. The van der Waals surface area contributed by atoms with Gasteiger partial charge >= 0.3 is 11.7 Å². The SMILES string of the molecule is O=C(Oc1cc(F)ccc1[N+](=O)[O-])c1cccc(-n2cnnn2)c1. The highest BCUT2D eigenvalue weighted by Gasteiger charge is 2.20. The Morgan fingerprint density at radius 2 is 2.08 bits per heavy atom. The van der Waals surface area contributed by atoms with Gasteiger partial charge in [-0.25, -0.2) is 13.9 Å². The zero-order valence-electron chi connectivity index (χ0n) is 11.9. The molecule has 10 heteroatoms. The summed E-state index contributed by atoms with van der Waals surface area (Å²) in [4.78, 5) is 22.4. The van der Waals surface area contributed by atoms with Crippen molar-refractivity contribution >= 4 is 11.7 Å². The second-order valence-corrected chi connectivity index (χ2v) is 4.56. The van der Waals surface area contributed by atoms with E-state index < -0.39 is 28.1 Å². The molecule has 9 nitrogen and oxygen atoms in total. The number of rotatable bonds is 4. The van der Waals surface area contributed by atoms with Crippen molar-refractivity contribution in [3.05, 3.63) is 70.3 Å². The van der Waals surface area contributed by atoms with Gasteiger partial charge in [-0.15, -0.1) is 5.10 Å². The molecule has 0 unspecified atom stereocenters. The molecule has 3 aromatic rings. The number of nitrogens with zero attached hydrogens (tertiary/aromatic N) is 5. The van der Waals surface area contributed by atoms with Gasteiger partial charge in [0, 0.05) is 12.1 Å². The van der Waals surface area contributed by atoms with Gasteiger partial charge in [-0.05, 0) is 34.7 Å². The van der Waals surface area contributed by atoms with Crippen molar-refractivity contribution < 1.29 is 18.8 Å². The Labute approximate surface area is 133 Å². The smallest absolute Gasteiger partial charge is 0.343 e. The summed E-state index contributed by atoms with van der Waals surface area (Å²) in [5.41, 5.74) is 0.0751. The molecule has 3 rings (SSSR count). The van der Waals surface area contributed by atoms with Crippen LogP contribution in [0.15, 0.2) is 48.8 Å². The minimum absolute atomic E-state index is 0.0987. The average molecular weight is 329 g/mol. The van der Waals surface area contributed by atoms with Crippen LogP contribution < -0.4 is 4.74 Å². The first-order chi connectivity index (χ1) is 11.5. The van der Waals surface area contributed by atoms with Crippen molar-refractivity contribution in [1.82, 2.24) is 20.2 Å². The van der Waals surface area contributed by atoms with Crippen LogP contribution in [0, 0.1) is 15.9 Å². The third-order valence-electron chi connectivity index (χ3n) is 3.02. The molecule has 0 aliphatic carbocycles. The third-order valence-corrected chi connectivity index (χ3v) is 3.02. The molecule has 0 saturated carbocycles. The normalized spacial score (nSPS) is 10.4. The van der Waals surface area contributed by atoms with Crippen LogP contribution in [0.1, 0.15) is 10.4 Å². The van der Waals surface area contributed by atoms with Crippen molar-refractivity contribution in [3.8, 4) is 11.4 Å². The van der Waals surface area contributed by atoms with Gasteiger partial charge in [0.15, 0.2) is 0 Å². The van der Waals surface area contributed by atoms with Crippen molar-refractivity contribution in [2.75, 3.05) is 0 Å². The molecular formula is C14H8FN5O4. The Bertz CT molecular complexity index is 913. The summed E-state index contributed by atoms with van der Waals surface area (Å²) in [5, 5.41) is 21.6. The largest absolute Gasteiger partial charge is 0.415 e. The summed E-state index contributed by atoms with van der Waals surface area (Å²) in [7, 11) is 0. The van der Waals surface area contributed by atoms with E-state index in [1.807, 2.05) is 0 Å². The molecular weight excluding hydrogens is 321 g/mol. The number of hydrogen-bond donors (Lipinski definition) is 0. The maximum atomic E-state index is 13.3. The monoisotopic (exact) mass is 329 g/mol. The molecule has 0 aliphatic heterocycles. The van der Waals surface area contributed by atoms with Gasteiger partial charge in [-0.3, -0.25) is 10.1 Å². The van der Waals surface area contributed by atoms with Crippen LogP contribution in [0.3, 0.4) is 0 Å². The number of carbonyl (C=O) groups excluding carboxylic acids is 1. The number of hydrogen-bond acceptors (Lipinski definition) is 7. The van der Waals surface area contributed by atoms with Crippen molar-refractivity contribution in [2.45, 2.75) is 0 Å². The van der Waals surface area contributed by atoms with Crippen LogP contribution in [0.2, 0.25) is 0 Å². The van der Waals surface area contributed by atoms with Gasteiger partial charge in [0.1, 0.15) is 12.1 Å². The first kappa shape index (κ1) is 15.2. The Hall–Kier alpha value is -3.69. The molecule has 0 saturated heterocycles. The lowest BCUT2D eigenvalue weighted by atomic mass is 10.2. The lowest BCUT2D eigenvalue weighted by molar-refractivity contribution is -0.385. The highest BCUT2D eigenvalue weighted by atomic mass is 19.1. The molecule has 0 radical (unpaired) electrons. The van der Waals surface area contributed by atoms with Gasteiger partial charge in [-0.2, -0.15) is 0 Å². The van der Waals surface area contributed by atoms with E-state index in [1.165, 1.54) is 23.1 Å². The Morgan fingerprint density at radius 1 is 1.25 bits per heavy atom. The van der Waals surface area contributed by atoms with E-state index in [0.29, 0.717) is 5.69 Å². The first-order valence-electron chi connectivity index (χ1n) is 6.54. The number of aromatic nitrogens is 4. The fourth-order valence-corrected chi connectivity index (χ4v) is 1.93. The molecule has 0 N–H and O–H groups in total. The Morgan fingerprint density at radius 3 is 2.79 bits per heavy atom. The maximum Gasteiger partial charge on any atom is 0.343 e. The highest BCUT2D eigenvalue weighted by Crippen LogP contribution is 2.28. The molecule has 0 fully saturated rings. The zero-order chi connectivity index (χ0) is 17.1.